The van der Waals surface area contributed by atoms with E-state index in [9.17, 15) is 22.9 Å². The number of aryl methyl sites for hydroxylation is 1. The second-order valence-electron chi connectivity index (χ2n) is 14.8. The van der Waals surface area contributed by atoms with Crippen molar-refractivity contribution in [2.75, 3.05) is 37.8 Å². The average Bonchev–Trinajstić information content (AvgIpc) is 3.22. The van der Waals surface area contributed by atoms with Gasteiger partial charge in [0.25, 0.3) is 10.0 Å². The van der Waals surface area contributed by atoms with Gasteiger partial charge in [0.2, 0.25) is 5.91 Å². The zero-order chi connectivity index (χ0) is 37.7. The largest absolute Gasteiger partial charge is 0.490 e. The number of carbonyl (C=O) groups is 1. The summed E-state index contributed by atoms with van der Waals surface area (Å²) in [6.07, 6.45) is 5.49. The van der Waals surface area contributed by atoms with Crippen molar-refractivity contribution in [1.82, 2.24) is 4.72 Å². The quantitative estimate of drug-likeness (QED) is 0.226. The van der Waals surface area contributed by atoms with E-state index >= 15 is 8.78 Å². The number of hydrogen-bond acceptors (Lipinski definition) is 9. The van der Waals surface area contributed by atoms with Crippen molar-refractivity contribution in [3.05, 3.63) is 64.7 Å². The molecule has 1 fully saturated rings. The number of fused-ring (bicyclic) bond motifs is 4. The number of ether oxygens (including phenoxy) is 1. The standard InChI is InChI=1S/C37H48ClF2N2O8PS/c1-5-49-51(45,50-6-2)37(39,40)36(44)18-7-9-24(3)25(4)34(43)41-52(46,47)29-13-16-33-32(20-29)42(21-27-11-14-31(27)36)22-35(23-48-33)17-8-10-26-19-28(38)12-15-30(26)35/h7,12-13,15-16,18-20,24-25,27,31,44H,5-6,8-11,14,17,21-23H2,1-4H3,(H,41,43)/b18-7+/t24-,25+,27-,31+,35-,36-/m0/s1. The second-order valence-corrected chi connectivity index (χ2v) is 18.9. The van der Waals surface area contributed by atoms with E-state index in [4.69, 9.17) is 25.4 Å². The first-order valence-electron chi connectivity index (χ1n) is 18.1. The lowest BCUT2D eigenvalue weighted by atomic mass is 9.64. The molecule has 1 saturated carbocycles. The summed E-state index contributed by atoms with van der Waals surface area (Å²) < 4.78 is 93.9. The number of rotatable bonds is 6. The van der Waals surface area contributed by atoms with Gasteiger partial charge in [0, 0.05) is 35.4 Å². The number of nitrogens with zero attached hydrogens (tertiary/aromatic N) is 1. The molecule has 2 aromatic rings. The molecule has 52 heavy (non-hydrogen) atoms. The van der Waals surface area contributed by atoms with Crippen LogP contribution >= 0.6 is 19.2 Å². The third-order valence-electron chi connectivity index (χ3n) is 11.6. The van der Waals surface area contributed by atoms with Gasteiger partial charge in [-0.15, -0.1) is 0 Å². The Bertz CT molecular complexity index is 1870. The highest BCUT2D eigenvalue weighted by molar-refractivity contribution is 7.90. The van der Waals surface area contributed by atoms with Crippen LogP contribution in [0.2, 0.25) is 5.02 Å². The number of aliphatic hydroxyl groups is 1. The molecule has 2 aliphatic heterocycles. The van der Waals surface area contributed by atoms with Gasteiger partial charge < -0.3 is 23.8 Å². The number of allylic oxidation sites excluding steroid dienone is 1. The van der Waals surface area contributed by atoms with Gasteiger partial charge >= 0.3 is 13.3 Å². The first kappa shape index (κ1) is 39.2. The maximum atomic E-state index is 16.9. The zero-order valence-electron chi connectivity index (χ0n) is 29.9. The van der Waals surface area contributed by atoms with E-state index in [1.54, 1.807) is 19.9 Å². The lowest BCUT2D eigenvalue weighted by Gasteiger charge is -2.51. The zero-order valence-corrected chi connectivity index (χ0v) is 32.4. The molecule has 0 saturated heterocycles. The highest BCUT2D eigenvalue weighted by atomic mass is 35.5. The number of hydrogen-bond donors (Lipinski definition) is 2. The molecule has 10 nitrogen and oxygen atoms in total. The Morgan fingerprint density at radius 2 is 1.87 bits per heavy atom. The van der Waals surface area contributed by atoms with Crippen LogP contribution in [0.25, 0.3) is 0 Å². The molecule has 0 unspecified atom stereocenters. The van der Waals surface area contributed by atoms with Gasteiger partial charge in [-0.25, -0.2) is 13.1 Å². The highest BCUT2D eigenvalue weighted by Crippen LogP contribution is 2.69. The Balaban J connectivity index is 1.50. The normalized spacial score (nSPS) is 31.3. The lowest BCUT2D eigenvalue weighted by Crippen LogP contribution is -2.59. The molecule has 2 aromatic carbocycles. The average molecular weight is 785 g/mol. The van der Waals surface area contributed by atoms with Gasteiger partial charge in [-0.05, 0) is 106 Å². The Kier molecular flexibility index (Phi) is 11.0. The molecule has 2 aliphatic carbocycles. The highest BCUT2D eigenvalue weighted by Gasteiger charge is 2.70. The minimum absolute atomic E-state index is 0.0479. The topological polar surface area (TPSA) is 131 Å². The Morgan fingerprint density at radius 3 is 2.54 bits per heavy atom. The van der Waals surface area contributed by atoms with E-state index in [-0.39, 0.29) is 44.1 Å². The summed E-state index contributed by atoms with van der Waals surface area (Å²) in [6, 6.07) is 10.2. The molecule has 1 spiro atoms. The number of nitrogens with one attached hydrogen (secondary N) is 1. The molecule has 2 bridgehead atoms. The van der Waals surface area contributed by atoms with Crippen molar-refractivity contribution in [3.8, 4) is 5.75 Å². The summed E-state index contributed by atoms with van der Waals surface area (Å²) in [6.45, 7) is 6.22. The summed E-state index contributed by atoms with van der Waals surface area (Å²) in [5, 5.41) is 12.9. The minimum atomic E-state index is -5.19. The Labute approximate surface area is 309 Å². The number of benzene rings is 2. The number of amides is 1. The number of carbonyl (C=O) groups excluding carboxylic acids is 1. The van der Waals surface area contributed by atoms with Crippen LogP contribution in [0.4, 0.5) is 14.5 Å². The molecular formula is C37H48ClF2N2O8PS. The summed E-state index contributed by atoms with van der Waals surface area (Å²) in [7, 11) is -9.50. The number of anilines is 1. The Morgan fingerprint density at radius 1 is 1.13 bits per heavy atom. The summed E-state index contributed by atoms with van der Waals surface area (Å²) in [4.78, 5) is 15.1. The van der Waals surface area contributed by atoms with Crippen molar-refractivity contribution in [2.45, 2.75) is 87.8 Å². The van der Waals surface area contributed by atoms with Crippen LogP contribution in [-0.4, -0.2) is 63.6 Å². The van der Waals surface area contributed by atoms with E-state index in [0.29, 0.717) is 29.4 Å². The summed E-state index contributed by atoms with van der Waals surface area (Å²) >= 11 is 6.40. The number of alkyl halides is 2. The van der Waals surface area contributed by atoms with Gasteiger partial charge in [0.05, 0.1) is 30.4 Å². The van der Waals surface area contributed by atoms with E-state index in [1.165, 1.54) is 32.1 Å². The second kappa shape index (κ2) is 14.6. The molecule has 15 heteroatoms. The van der Waals surface area contributed by atoms with Crippen molar-refractivity contribution in [3.63, 3.8) is 0 Å². The van der Waals surface area contributed by atoms with Crippen LogP contribution in [0.5, 0.6) is 5.75 Å². The van der Waals surface area contributed by atoms with Gasteiger partial charge in [-0.3, -0.25) is 9.36 Å². The van der Waals surface area contributed by atoms with Gasteiger partial charge in [0.15, 0.2) is 5.60 Å². The summed E-state index contributed by atoms with van der Waals surface area (Å²) in [5.41, 5.74) is -5.28. The van der Waals surface area contributed by atoms with Crippen molar-refractivity contribution in [2.24, 2.45) is 23.7 Å². The molecule has 2 N–H and O–H groups in total. The fourth-order valence-corrected chi connectivity index (χ4v) is 11.4. The molecule has 1 amide bonds. The number of halogens is 3. The third-order valence-corrected chi connectivity index (χ3v) is 15.4. The molecular weight excluding hydrogens is 737 g/mol. The van der Waals surface area contributed by atoms with E-state index in [2.05, 4.69) is 4.72 Å². The van der Waals surface area contributed by atoms with E-state index < -0.39 is 63.9 Å². The fourth-order valence-electron chi connectivity index (χ4n) is 8.33. The van der Waals surface area contributed by atoms with Crippen molar-refractivity contribution < 1.29 is 45.4 Å². The van der Waals surface area contributed by atoms with Crippen molar-refractivity contribution >= 4 is 40.8 Å². The maximum Gasteiger partial charge on any atom is 0.403 e. The van der Waals surface area contributed by atoms with Crippen LogP contribution in [0.15, 0.2) is 53.4 Å². The molecule has 4 aliphatic rings. The predicted molar refractivity (Wildman–Crippen MR) is 195 cm³/mol. The van der Waals surface area contributed by atoms with Crippen LogP contribution < -0.4 is 14.4 Å². The monoisotopic (exact) mass is 784 g/mol. The van der Waals surface area contributed by atoms with E-state index in [0.717, 1.165) is 36.5 Å². The Hall–Kier alpha value is -2.54. The molecule has 6 atom stereocenters. The van der Waals surface area contributed by atoms with Crippen LogP contribution in [0.3, 0.4) is 0 Å². The molecule has 286 valence electrons. The maximum absolute atomic E-state index is 16.9. The first-order chi connectivity index (χ1) is 24.5. The molecule has 0 aromatic heterocycles. The van der Waals surface area contributed by atoms with Crippen molar-refractivity contribution in [1.29, 1.82) is 0 Å². The fraction of sp³-hybridized carbons (Fsp3) is 0.595. The van der Waals surface area contributed by atoms with Crippen LogP contribution in [0, 0.1) is 23.7 Å². The molecule has 0 radical (unpaired) electrons. The third kappa shape index (κ3) is 6.83. The molecule has 2 heterocycles. The van der Waals surface area contributed by atoms with Gasteiger partial charge in [0.1, 0.15) is 5.75 Å². The summed E-state index contributed by atoms with van der Waals surface area (Å²) in [5.74, 6) is -3.34. The number of sulfonamides is 1. The lowest BCUT2D eigenvalue weighted by molar-refractivity contribution is -0.171. The van der Waals surface area contributed by atoms with Crippen LogP contribution in [-0.2, 0) is 40.3 Å². The first-order valence-corrected chi connectivity index (χ1v) is 21.5. The predicted octanol–water partition coefficient (Wildman–Crippen LogP) is 7.47. The molecule has 6 rings (SSSR count). The minimum Gasteiger partial charge on any atom is -0.490 e. The SMILES string of the molecule is CCOP(=O)(OCC)C(F)(F)[C@]1(O)/C=C/C[C@H](C)[C@@H](C)C(=O)NS(=O)(=O)c2ccc3c(c2)N(C[C@@H]2CC[C@H]21)C[C@@]1(CCCc2cc(Cl)ccc21)CO3. The van der Waals surface area contributed by atoms with Gasteiger partial charge in [-0.2, -0.15) is 8.78 Å². The smallest absolute Gasteiger partial charge is 0.403 e. The van der Waals surface area contributed by atoms with Crippen LogP contribution in [0.1, 0.15) is 70.9 Å². The van der Waals surface area contributed by atoms with Gasteiger partial charge in [-0.1, -0.05) is 43.7 Å². The van der Waals surface area contributed by atoms with E-state index in [1.807, 2.05) is 23.1 Å².